The summed E-state index contributed by atoms with van der Waals surface area (Å²) in [5.74, 6) is 0.143. The van der Waals surface area contributed by atoms with Crippen molar-refractivity contribution in [1.29, 1.82) is 0 Å². The molecule has 7 heteroatoms. The fourth-order valence-corrected chi connectivity index (χ4v) is 4.22. The maximum absolute atomic E-state index is 12.7. The number of fused-ring (bicyclic) bond motifs is 1. The zero-order chi connectivity index (χ0) is 21.7. The van der Waals surface area contributed by atoms with Crippen molar-refractivity contribution in [3.05, 3.63) is 77.9 Å². The van der Waals surface area contributed by atoms with E-state index in [1.54, 1.807) is 37.3 Å². The van der Waals surface area contributed by atoms with Gasteiger partial charge in [0.15, 0.2) is 0 Å². The van der Waals surface area contributed by atoms with E-state index in [0.29, 0.717) is 16.7 Å². The Labute approximate surface area is 176 Å². The highest BCUT2D eigenvalue weighted by molar-refractivity contribution is 7.87. The van der Waals surface area contributed by atoms with Gasteiger partial charge in [0.25, 0.3) is 0 Å². The normalized spacial score (nSPS) is 14.5. The first kappa shape index (κ1) is 22.0. The third-order valence-corrected chi connectivity index (χ3v) is 6.39. The molecular formula is C23H25NO5S. The molecule has 0 saturated heterocycles. The molecule has 6 nitrogen and oxygen atoms in total. The van der Waals surface area contributed by atoms with Gasteiger partial charge in [0.2, 0.25) is 0 Å². The van der Waals surface area contributed by atoms with Crippen LogP contribution in [0.15, 0.2) is 76.8 Å². The number of hydrogen-bond acceptors (Lipinski definition) is 6. The van der Waals surface area contributed by atoms with Gasteiger partial charge in [-0.1, -0.05) is 86.1 Å². The Kier molecular flexibility index (Phi) is 6.87. The Morgan fingerprint density at radius 1 is 1.03 bits per heavy atom. The lowest BCUT2D eigenvalue weighted by molar-refractivity contribution is -0.293. The van der Waals surface area contributed by atoms with Crippen molar-refractivity contribution in [2.24, 2.45) is 11.1 Å². The lowest BCUT2D eigenvalue weighted by Gasteiger charge is -2.20. The molecule has 0 aliphatic carbocycles. The van der Waals surface area contributed by atoms with Crippen LogP contribution in [0.4, 0.5) is 0 Å². The SMILES string of the molecule is CCC(C)C(OO)c1ccc(/C(C)=N\OS(=O)(=O)c2cccc3ccccc23)cc1. The molecule has 0 heterocycles. The van der Waals surface area contributed by atoms with Gasteiger partial charge in [-0.3, -0.25) is 9.54 Å². The maximum Gasteiger partial charge on any atom is 0.359 e. The molecule has 0 spiro atoms. The minimum atomic E-state index is -4.07. The van der Waals surface area contributed by atoms with E-state index in [9.17, 15) is 13.7 Å². The third kappa shape index (κ3) is 4.70. The predicted molar refractivity (Wildman–Crippen MR) is 117 cm³/mol. The molecule has 1 N–H and O–H groups in total. The molecular weight excluding hydrogens is 402 g/mol. The monoisotopic (exact) mass is 427 g/mol. The molecule has 0 aliphatic rings. The van der Waals surface area contributed by atoms with Crippen LogP contribution in [0, 0.1) is 5.92 Å². The minimum Gasteiger partial charge on any atom is -0.264 e. The molecule has 2 unspecified atom stereocenters. The summed E-state index contributed by atoms with van der Waals surface area (Å²) in [6.07, 6.45) is 0.428. The summed E-state index contributed by atoms with van der Waals surface area (Å²) in [7, 11) is -4.07. The molecule has 0 saturated carbocycles. The van der Waals surface area contributed by atoms with Crippen LogP contribution in [0.2, 0.25) is 0 Å². The van der Waals surface area contributed by atoms with Gasteiger partial charge in [0.05, 0.1) is 5.71 Å². The topological polar surface area (TPSA) is 85.2 Å². The molecule has 158 valence electrons. The van der Waals surface area contributed by atoms with Crippen LogP contribution in [-0.4, -0.2) is 19.4 Å². The average molecular weight is 428 g/mol. The summed E-state index contributed by atoms with van der Waals surface area (Å²) in [5, 5.41) is 14.4. The highest BCUT2D eigenvalue weighted by Gasteiger charge is 2.20. The Balaban J connectivity index is 1.82. The minimum absolute atomic E-state index is 0.0731. The summed E-state index contributed by atoms with van der Waals surface area (Å²) < 4.78 is 30.4. The van der Waals surface area contributed by atoms with Gasteiger partial charge >= 0.3 is 10.1 Å². The Bertz CT molecular complexity index is 1130. The Morgan fingerprint density at radius 3 is 2.37 bits per heavy atom. The molecule has 3 aromatic carbocycles. The summed E-state index contributed by atoms with van der Waals surface area (Å²) in [4.78, 5) is 4.70. The molecule has 0 amide bonds. The van der Waals surface area contributed by atoms with Gasteiger partial charge in [0, 0.05) is 5.39 Å². The van der Waals surface area contributed by atoms with E-state index in [0.717, 1.165) is 17.4 Å². The van der Waals surface area contributed by atoms with E-state index < -0.39 is 16.2 Å². The van der Waals surface area contributed by atoms with Crippen molar-refractivity contribution >= 4 is 26.6 Å². The lowest BCUT2D eigenvalue weighted by atomic mass is 9.94. The van der Waals surface area contributed by atoms with Crippen LogP contribution in [0.25, 0.3) is 10.8 Å². The largest absolute Gasteiger partial charge is 0.359 e. The first-order valence-corrected chi connectivity index (χ1v) is 11.1. The second-order valence-electron chi connectivity index (χ2n) is 7.22. The van der Waals surface area contributed by atoms with Crippen LogP contribution < -0.4 is 0 Å². The summed E-state index contributed by atoms with van der Waals surface area (Å²) in [6, 6.07) is 19.4. The number of rotatable bonds is 8. The molecule has 3 rings (SSSR count). The summed E-state index contributed by atoms with van der Waals surface area (Å²) in [6.45, 7) is 5.69. The van der Waals surface area contributed by atoms with Gasteiger partial charge in [-0.05, 0) is 35.4 Å². The lowest BCUT2D eigenvalue weighted by Crippen LogP contribution is -2.11. The second-order valence-corrected chi connectivity index (χ2v) is 8.71. The third-order valence-electron chi connectivity index (χ3n) is 5.22. The van der Waals surface area contributed by atoms with Crippen molar-refractivity contribution in [3.8, 4) is 0 Å². The maximum atomic E-state index is 12.7. The van der Waals surface area contributed by atoms with E-state index in [1.807, 2.05) is 44.2 Å². The second kappa shape index (κ2) is 9.38. The van der Waals surface area contributed by atoms with Crippen LogP contribution in [0.3, 0.4) is 0 Å². The zero-order valence-electron chi connectivity index (χ0n) is 17.1. The molecule has 0 radical (unpaired) electrons. The fourth-order valence-electron chi connectivity index (χ4n) is 3.23. The van der Waals surface area contributed by atoms with E-state index in [2.05, 4.69) is 10.0 Å². The van der Waals surface area contributed by atoms with E-state index in [1.165, 1.54) is 6.07 Å². The highest BCUT2D eigenvalue weighted by atomic mass is 32.2. The van der Waals surface area contributed by atoms with Gasteiger partial charge in [0.1, 0.15) is 11.0 Å². The van der Waals surface area contributed by atoms with Crippen LogP contribution in [0.1, 0.15) is 44.4 Å². The Hall–Kier alpha value is -2.74. The quantitative estimate of drug-likeness (QED) is 0.290. The molecule has 3 aromatic rings. The smallest absolute Gasteiger partial charge is 0.264 e. The number of benzene rings is 3. The first-order chi connectivity index (χ1) is 14.4. The van der Waals surface area contributed by atoms with E-state index in [4.69, 9.17) is 4.28 Å². The van der Waals surface area contributed by atoms with Crippen LogP contribution >= 0.6 is 0 Å². The Morgan fingerprint density at radius 2 is 1.70 bits per heavy atom. The number of oxime groups is 1. The molecule has 2 atom stereocenters. The molecule has 0 bridgehead atoms. The van der Waals surface area contributed by atoms with Crippen LogP contribution in [0.5, 0.6) is 0 Å². The highest BCUT2D eigenvalue weighted by Crippen LogP contribution is 2.28. The van der Waals surface area contributed by atoms with Crippen molar-refractivity contribution in [1.82, 2.24) is 0 Å². The fraction of sp³-hybridized carbons (Fsp3) is 0.261. The van der Waals surface area contributed by atoms with Crippen LogP contribution in [-0.2, 0) is 19.3 Å². The molecule has 0 fully saturated rings. The molecule has 0 aliphatic heterocycles. The van der Waals surface area contributed by atoms with Crippen molar-refractivity contribution in [2.45, 2.75) is 38.2 Å². The molecule has 30 heavy (non-hydrogen) atoms. The van der Waals surface area contributed by atoms with Crippen molar-refractivity contribution < 1.29 is 22.8 Å². The standard InChI is InChI=1S/C23H25NO5S/c1-4-16(2)23(28-25)20-14-12-18(13-15-20)17(3)24-29-30(26,27)22-11-7-9-19-8-5-6-10-21(19)22/h5-16,23,25H,4H2,1-3H3/b24-17-. The van der Waals surface area contributed by atoms with Gasteiger partial charge in [-0.25, -0.2) is 4.89 Å². The zero-order valence-corrected chi connectivity index (χ0v) is 18.0. The number of hydrogen-bond donors (Lipinski definition) is 1. The van der Waals surface area contributed by atoms with Crippen molar-refractivity contribution in [2.75, 3.05) is 0 Å². The van der Waals surface area contributed by atoms with Gasteiger partial charge < -0.3 is 0 Å². The van der Waals surface area contributed by atoms with Gasteiger partial charge in [-0.15, -0.1) is 0 Å². The number of nitrogens with zero attached hydrogens (tertiary/aromatic N) is 1. The first-order valence-electron chi connectivity index (χ1n) is 9.74. The summed E-state index contributed by atoms with van der Waals surface area (Å²) in [5.41, 5.74) is 1.94. The van der Waals surface area contributed by atoms with E-state index in [-0.39, 0.29) is 10.8 Å². The van der Waals surface area contributed by atoms with Crippen molar-refractivity contribution in [3.63, 3.8) is 0 Å². The average Bonchev–Trinajstić information content (AvgIpc) is 2.78. The molecule has 0 aromatic heterocycles. The van der Waals surface area contributed by atoms with E-state index >= 15 is 0 Å². The summed E-state index contributed by atoms with van der Waals surface area (Å²) >= 11 is 0. The predicted octanol–water partition coefficient (Wildman–Crippen LogP) is 5.55. The van der Waals surface area contributed by atoms with Gasteiger partial charge in [-0.2, -0.15) is 8.42 Å².